The van der Waals surface area contributed by atoms with Crippen LogP contribution in [0.2, 0.25) is 0 Å². The number of nitrogens with one attached hydrogen (secondary N) is 1. The first-order valence-corrected chi connectivity index (χ1v) is 12.8. The van der Waals surface area contributed by atoms with Crippen LogP contribution in [0.3, 0.4) is 0 Å². The van der Waals surface area contributed by atoms with E-state index in [9.17, 15) is 4.79 Å². The Morgan fingerprint density at radius 1 is 0.706 bits per heavy atom. The Kier molecular flexibility index (Phi) is 7.45. The van der Waals surface area contributed by atoms with Crippen LogP contribution in [0.15, 0.2) is 109 Å². The van der Waals surface area contributed by atoms with E-state index in [-0.39, 0.29) is 0 Å². The number of anilines is 1. The number of hydrogen-bond acceptors (Lipinski definition) is 2. The molecule has 0 saturated carbocycles. The molecular weight excluding hydrogens is 437 g/mol. The van der Waals surface area contributed by atoms with Crippen LogP contribution in [0, 0.1) is 0 Å². The molecule has 4 rings (SSSR count). The van der Waals surface area contributed by atoms with Crippen LogP contribution >= 0.6 is 7.92 Å². The molecule has 1 N–H and O–H groups in total. The highest BCUT2D eigenvalue weighted by molar-refractivity contribution is 7.79. The summed E-state index contributed by atoms with van der Waals surface area (Å²) in [6, 6.07) is 38.3. The Balaban J connectivity index is 1.51. The zero-order chi connectivity index (χ0) is 24.0. The highest BCUT2D eigenvalue weighted by Crippen LogP contribution is 2.32. The molecule has 172 valence electrons. The van der Waals surface area contributed by atoms with Gasteiger partial charge < -0.3 is 4.74 Å². The maximum atomic E-state index is 12.1. The van der Waals surface area contributed by atoms with Crippen LogP contribution in [0.4, 0.5) is 10.5 Å². The highest BCUT2D eigenvalue weighted by atomic mass is 31.1. The van der Waals surface area contributed by atoms with E-state index >= 15 is 0 Å². The van der Waals surface area contributed by atoms with Crippen LogP contribution in [-0.4, -0.2) is 11.7 Å². The van der Waals surface area contributed by atoms with Gasteiger partial charge in [0, 0.05) is 5.69 Å². The third kappa shape index (κ3) is 6.56. The lowest BCUT2D eigenvalue weighted by atomic mass is 10.0. The summed E-state index contributed by atoms with van der Waals surface area (Å²) in [6.07, 6.45) is 0.350. The molecule has 0 radical (unpaired) electrons. The average molecular weight is 468 g/mol. The Bertz CT molecular complexity index is 1180. The summed E-state index contributed by atoms with van der Waals surface area (Å²) in [7, 11) is -0.606. The predicted molar refractivity (Wildman–Crippen MR) is 144 cm³/mol. The Morgan fingerprint density at radius 3 is 1.82 bits per heavy atom. The lowest BCUT2D eigenvalue weighted by Crippen LogP contribution is -2.27. The van der Waals surface area contributed by atoms with Crippen LogP contribution in [0.5, 0.6) is 0 Å². The molecule has 0 fully saturated rings. The molecule has 0 aliphatic rings. The second kappa shape index (κ2) is 10.7. The molecule has 3 nitrogen and oxygen atoms in total. The third-order valence-electron chi connectivity index (χ3n) is 5.20. The normalized spacial score (nSPS) is 11.3. The maximum Gasteiger partial charge on any atom is 0.412 e. The SMILES string of the molecule is CC(C)(C)OC(=O)Nc1cccc(Cc2ccc(P(c3ccccc3)c3ccccc3)cc2)c1. The summed E-state index contributed by atoms with van der Waals surface area (Å²) >= 11 is 0. The molecule has 0 unspecified atom stereocenters. The quantitative estimate of drug-likeness (QED) is 0.334. The number of rotatable bonds is 6. The Labute approximate surface area is 203 Å². The van der Waals surface area contributed by atoms with Crippen molar-refractivity contribution in [2.75, 3.05) is 5.32 Å². The van der Waals surface area contributed by atoms with E-state index < -0.39 is 19.6 Å². The van der Waals surface area contributed by atoms with Gasteiger partial charge in [-0.15, -0.1) is 0 Å². The van der Waals surface area contributed by atoms with Crippen LogP contribution < -0.4 is 21.2 Å². The first kappa shape index (κ1) is 23.7. The van der Waals surface area contributed by atoms with Gasteiger partial charge in [0.15, 0.2) is 0 Å². The van der Waals surface area contributed by atoms with Gasteiger partial charge in [-0.2, -0.15) is 0 Å². The van der Waals surface area contributed by atoms with Crippen molar-refractivity contribution in [3.8, 4) is 0 Å². The lowest BCUT2D eigenvalue weighted by Gasteiger charge is -2.20. The molecule has 4 aromatic carbocycles. The van der Waals surface area contributed by atoms with E-state index in [1.807, 2.05) is 39.0 Å². The number of ether oxygens (including phenoxy) is 1. The molecule has 0 saturated heterocycles. The fourth-order valence-electron chi connectivity index (χ4n) is 3.78. The van der Waals surface area contributed by atoms with Crippen molar-refractivity contribution in [2.45, 2.75) is 32.8 Å². The van der Waals surface area contributed by atoms with E-state index in [4.69, 9.17) is 4.74 Å². The van der Waals surface area contributed by atoms with E-state index in [0.29, 0.717) is 0 Å². The van der Waals surface area contributed by atoms with E-state index in [1.165, 1.54) is 21.5 Å². The molecule has 0 bridgehead atoms. The fourth-order valence-corrected chi connectivity index (χ4v) is 6.06. The molecular formula is C30H30NO2P. The third-order valence-corrected chi connectivity index (χ3v) is 7.65. The number of carbonyl (C=O) groups excluding carboxylic acids is 1. The van der Waals surface area contributed by atoms with Crippen molar-refractivity contribution in [3.63, 3.8) is 0 Å². The van der Waals surface area contributed by atoms with Gasteiger partial charge in [-0.05, 0) is 74.3 Å². The number of carbonyl (C=O) groups is 1. The van der Waals surface area contributed by atoms with Crippen LogP contribution in [-0.2, 0) is 11.2 Å². The van der Waals surface area contributed by atoms with Gasteiger partial charge in [0.2, 0.25) is 0 Å². The van der Waals surface area contributed by atoms with Crippen molar-refractivity contribution >= 4 is 35.6 Å². The monoisotopic (exact) mass is 467 g/mol. The van der Waals surface area contributed by atoms with Crippen LogP contribution in [0.25, 0.3) is 0 Å². The number of benzene rings is 4. The van der Waals surface area contributed by atoms with Crippen molar-refractivity contribution in [1.29, 1.82) is 0 Å². The first-order chi connectivity index (χ1) is 16.4. The molecule has 0 spiro atoms. The minimum absolute atomic E-state index is 0.441. The lowest BCUT2D eigenvalue weighted by molar-refractivity contribution is 0.0636. The van der Waals surface area contributed by atoms with Gasteiger partial charge in [0.25, 0.3) is 0 Å². The average Bonchev–Trinajstić information content (AvgIpc) is 2.81. The van der Waals surface area contributed by atoms with E-state index in [1.54, 1.807) is 0 Å². The molecule has 0 aromatic heterocycles. The standard InChI is InChI=1S/C30H30NO2P/c1-30(2,3)33-29(32)31-25-12-10-11-24(22-25)21-23-17-19-28(20-18-23)34(26-13-6-4-7-14-26)27-15-8-5-9-16-27/h4-20,22H,21H2,1-3H3,(H,31,32). The minimum Gasteiger partial charge on any atom is -0.444 e. The summed E-state index contributed by atoms with van der Waals surface area (Å²) < 4.78 is 5.36. The van der Waals surface area contributed by atoms with E-state index in [0.717, 1.165) is 17.7 Å². The largest absolute Gasteiger partial charge is 0.444 e. The summed E-state index contributed by atoms with van der Waals surface area (Å²) in [6.45, 7) is 5.57. The van der Waals surface area contributed by atoms with Crippen molar-refractivity contribution in [2.24, 2.45) is 0 Å². The number of hydrogen-bond donors (Lipinski definition) is 1. The smallest absolute Gasteiger partial charge is 0.412 e. The molecule has 0 atom stereocenters. The van der Waals surface area contributed by atoms with Gasteiger partial charge in [-0.1, -0.05) is 97.1 Å². The molecule has 4 heteroatoms. The first-order valence-electron chi connectivity index (χ1n) is 11.5. The van der Waals surface area contributed by atoms with Crippen molar-refractivity contribution in [3.05, 3.63) is 120 Å². The van der Waals surface area contributed by atoms with Gasteiger partial charge in [0.1, 0.15) is 5.60 Å². The predicted octanol–water partition coefficient (Wildman–Crippen LogP) is 6.38. The molecule has 34 heavy (non-hydrogen) atoms. The summed E-state index contributed by atoms with van der Waals surface area (Å²) in [5.74, 6) is 0. The fraction of sp³-hybridized carbons (Fsp3) is 0.167. The molecule has 1 amide bonds. The Hall–Kier alpha value is -3.42. The molecule has 4 aromatic rings. The second-order valence-corrected chi connectivity index (χ2v) is 11.4. The highest BCUT2D eigenvalue weighted by Gasteiger charge is 2.17. The molecule has 0 aliphatic carbocycles. The van der Waals surface area contributed by atoms with Gasteiger partial charge in [-0.3, -0.25) is 5.32 Å². The van der Waals surface area contributed by atoms with Crippen LogP contribution in [0.1, 0.15) is 31.9 Å². The summed E-state index contributed by atoms with van der Waals surface area (Å²) in [5.41, 5.74) is 2.58. The number of amides is 1. The minimum atomic E-state index is -0.606. The van der Waals surface area contributed by atoms with E-state index in [2.05, 4.69) is 96.3 Å². The summed E-state index contributed by atoms with van der Waals surface area (Å²) in [5, 5.41) is 6.85. The molecule has 0 aliphatic heterocycles. The van der Waals surface area contributed by atoms with Gasteiger partial charge >= 0.3 is 6.09 Å². The molecule has 0 heterocycles. The summed E-state index contributed by atoms with van der Waals surface area (Å²) in [4.78, 5) is 12.1. The van der Waals surface area contributed by atoms with Gasteiger partial charge in [-0.25, -0.2) is 4.79 Å². The maximum absolute atomic E-state index is 12.1. The second-order valence-electron chi connectivity index (χ2n) is 9.18. The van der Waals surface area contributed by atoms with Crippen molar-refractivity contribution in [1.82, 2.24) is 0 Å². The topological polar surface area (TPSA) is 38.3 Å². The zero-order valence-electron chi connectivity index (χ0n) is 19.9. The van der Waals surface area contributed by atoms with Crippen molar-refractivity contribution < 1.29 is 9.53 Å². The Morgan fingerprint density at radius 2 is 1.26 bits per heavy atom. The van der Waals surface area contributed by atoms with Gasteiger partial charge in [0.05, 0.1) is 0 Å². The zero-order valence-corrected chi connectivity index (χ0v) is 20.8.